The molecule has 1 N–H and O–H groups in total. The van der Waals surface area contributed by atoms with E-state index in [1.165, 1.54) is 0 Å². The normalized spacial score (nSPS) is 24.5. The number of rotatable bonds is 4. The van der Waals surface area contributed by atoms with Crippen molar-refractivity contribution in [2.45, 2.75) is 25.2 Å². The molecule has 0 spiro atoms. The molecule has 2 unspecified atom stereocenters. The quantitative estimate of drug-likeness (QED) is 0.802. The van der Waals surface area contributed by atoms with Crippen LogP contribution in [0.1, 0.15) is 23.2 Å². The third kappa shape index (κ3) is 3.63. The van der Waals surface area contributed by atoms with Crippen molar-refractivity contribution in [1.29, 1.82) is 0 Å². The maximum atomic E-state index is 11.8. The van der Waals surface area contributed by atoms with E-state index in [0.717, 1.165) is 6.42 Å². The number of hydrogen-bond donors (Lipinski definition) is 1. The molecule has 2 rings (SSSR count). The molecule has 1 aromatic rings. The van der Waals surface area contributed by atoms with E-state index in [9.17, 15) is 9.90 Å². The molecule has 0 radical (unpaired) electrons. The number of Topliss-reactive ketones (excluding diaryl/α,β-unsaturated/α-hetero) is 1. The average Bonchev–Trinajstić information content (AvgIpc) is 2.37. The van der Waals surface area contributed by atoms with Gasteiger partial charge < -0.3 is 14.6 Å². The molecule has 92 valence electrons. The summed E-state index contributed by atoms with van der Waals surface area (Å²) in [6, 6.07) is 9.05. The van der Waals surface area contributed by atoms with E-state index in [1.54, 1.807) is 12.1 Å². The van der Waals surface area contributed by atoms with E-state index >= 15 is 0 Å². The molecule has 0 bridgehead atoms. The van der Waals surface area contributed by atoms with Crippen molar-refractivity contribution in [2.75, 3.05) is 13.2 Å². The molecular formula is C13H16O4. The Morgan fingerprint density at radius 2 is 2.18 bits per heavy atom. The van der Waals surface area contributed by atoms with Gasteiger partial charge in [0.15, 0.2) is 12.1 Å². The number of carbonyl (C=O) groups is 1. The number of aliphatic hydroxyl groups excluding tert-OH is 1. The molecule has 0 aliphatic carbocycles. The summed E-state index contributed by atoms with van der Waals surface area (Å²) >= 11 is 0. The maximum absolute atomic E-state index is 11.8. The maximum Gasteiger partial charge on any atom is 0.188 e. The van der Waals surface area contributed by atoms with E-state index in [1.807, 2.05) is 18.2 Å². The second-order valence-corrected chi connectivity index (χ2v) is 4.07. The molecule has 4 heteroatoms. The Labute approximate surface area is 100 Å². The largest absolute Gasteiger partial charge is 0.370 e. The first-order valence-electron chi connectivity index (χ1n) is 5.75. The van der Waals surface area contributed by atoms with Crippen LogP contribution in [0.5, 0.6) is 0 Å². The molecular weight excluding hydrogens is 220 g/mol. The molecule has 1 heterocycles. The van der Waals surface area contributed by atoms with Crippen molar-refractivity contribution in [3.8, 4) is 0 Å². The van der Waals surface area contributed by atoms with Gasteiger partial charge in [-0.2, -0.15) is 0 Å². The van der Waals surface area contributed by atoms with Crippen molar-refractivity contribution in [3.63, 3.8) is 0 Å². The number of aliphatic hydroxyl groups is 1. The molecule has 2 atom stereocenters. The van der Waals surface area contributed by atoms with Crippen LogP contribution in [0, 0.1) is 0 Å². The number of hydrogen-bond acceptors (Lipinski definition) is 4. The summed E-state index contributed by atoms with van der Waals surface area (Å²) in [5.74, 6) is -0.0356. The van der Waals surface area contributed by atoms with Gasteiger partial charge in [0.25, 0.3) is 0 Å². The van der Waals surface area contributed by atoms with Crippen LogP contribution in [-0.4, -0.2) is 36.5 Å². The Balaban J connectivity index is 1.80. The second kappa shape index (κ2) is 5.91. The molecule has 17 heavy (non-hydrogen) atoms. The SMILES string of the molecule is O=C(COC1CCOC(O)C1)c1ccccc1. The fraction of sp³-hybridized carbons (Fsp3) is 0.462. The van der Waals surface area contributed by atoms with E-state index in [4.69, 9.17) is 9.47 Å². The van der Waals surface area contributed by atoms with Crippen LogP contribution < -0.4 is 0 Å². The lowest BCUT2D eigenvalue weighted by Crippen LogP contribution is -2.31. The van der Waals surface area contributed by atoms with Crippen molar-refractivity contribution >= 4 is 5.78 Å². The average molecular weight is 236 g/mol. The fourth-order valence-electron chi connectivity index (χ4n) is 1.80. The monoisotopic (exact) mass is 236 g/mol. The summed E-state index contributed by atoms with van der Waals surface area (Å²) in [5.41, 5.74) is 0.653. The molecule has 1 fully saturated rings. The van der Waals surface area contributed by atoms with Gasteiger partial charge in [-0.25, -0.2) is 0 Å². The summed E-state index contributed by atoms with van der Waals surface area (Å²) < 4.78 is 10.5. The van der Waals surface area contributed by atoms with Gasteiger partial charge in [0.05, 0.1) is 12.7 Å². The van der Waals surface area contributed by atoms with Gasteiger partial charge in [0.1, 0.15) is 6.61 Å². The van der Waals surface area contributed by atoms with Crippen LogP contribution in [0.25, 0.3) is 0 Å². The molecule has 1 saturated heterocycles. The molecule has 0 saturated carbocycles. The topological polar surface area (TPSA) is 55.8 Å². The van der Waals surface area contributed by atoms with Gasteiger partial charge in [-0.3, -0.25) is 4.79 Å². The standard InChI is InChI=1S/C13H16O4/c14-12(10-4-2-1-3-5-10)9-17-11-6-7-16-13(15)8-11/h1-5,11,13,15H,6-9H2. The number of carbonyl (C=O) groups excluding carboxylic acids is 1. The molecule has 0 amide bonds. The molecule has 1 aliphatic rings. The third-order valence-corrected chi connectivity index (χ3v) is 2.76. The lowest BCUT2D eigenvalue weighted by Gasteiger charge is -2.26. The Kier molecular flexibility index (Phi) is 4.25. The summed E-state index contributed by atoms with van der Waals surface area (Å²) in [7, 11) is 0. The van der Waals surface area contributed by atoms with E-state index in [0.29, 0.717) is 18.6 Å². The van der Waals surface area contributed by atoms with Crippen molar-refractivity contribution in [3.05, 3.63) is 35.9 Å². The summed E-state index contributed by atoms with van der Waals surface area (Å²) in [6.45, 7) is 0.534. The molecule has 1 aliphatic heterocycles. The molecule has 4 nitrogen and oxygen atoms in total. The predicted octanol–water partition coefficient (Wildman–Crippen LogP) is 1.38. The summed E-state index contributed by atoms with van der Waals surface area (Å²) in [5, 5.41) is 9.27. The highest BCUT2D eigenvalue weighted by Gasteiger charge is 2.21. The van der Waals surface area contributed by atoms with Gasteiger partial charge in [-0.1, -0.05) is 30.3 Å². The zero-order chi connectivity index (χ0) is 12.1. The van der Waals surface area contributed by atoms with Crippen LogP contribution in [0.15, 0.2) is 30.3 Å². The van der Waals surface area contributed by atoms with E-state index < -0.39 is 6.29 Å². The third-order valence-electron chi connectivity index (χ3n) is 2.76. The highest BCUT2D eigenvalue weighted by Crippen LogP contribution is 2.15. The van der Waals surface area contributed by atoms with E-state index in [-0.39, 0.29) is 18.5 Å². The smallest absolute Gasteiger partial charge is 0.188 e. The predicted molar refractivity (Wildman–Crippen MR) is 61.7 cm³/mol. The minimum atomic E-state index is -0.763. The fourth-order valence-corrected chi connectivity index (χ4v) is 1.80. The van der Waals surface area contributed by atoms with Crippen LogP contribution >= 0.6 is 0 Å². The van der Waals surface area contributed by atoms with Gasteiger partial charge in [-0.05, 0) is 6.42 Å². The lowest BCUT2D eigenvalue weighted by molar-refractivity contribution is -0.161. The van der Waals surface area contributed by atoms with Crippen LogP contribution in [0.4, 0.5) is 0 Å². The van der Waals surface area contributed by atoms with E-state index in [2.05, 4.69) is 0 Å². The Morgan fingerprint density at radius 1 is 1.41 bits per heavy atom. The summed E-state index contributed by atoms with van der Waals surface area (Å²) in [4.78, 5) is 11.8. The van der Waals surface area contributed by atoms with Crippen LogP contribution in [0.2, 0.25) is 0 Å². The Morgan fingerprint density at radius 3 is 2.88 bits per heavy atom. The minimum absolute atomic E-state index is 0.0356. The van der Waals surface area contributed by atoms with Gasteiger partial charge in [0, 0.05) is 12.0 Å². The number of ether oxygens (including phenoxy) is 2. The van der Waals surface area contributed by atoms with Crippen molar-refractivity contribution < 1.29 is 19.4 Å². The van der Waals surface area contributed by atoms with Crippen LogP contribution in [-0.2, 0) is 9.47 Å². The minimum Gasteiger partial charge on any atom is -0.370 e. The first-order valence-corrected chi connectivity index (χ1v) is 5.75. The van der Waals surface area contributed by atoms with Crippen LogP contribution in [0.3, 0.4) is 0 Å². The van der Waals surface area contributed by atoms with Gasteiger partial charge in [-0.15, -0.1) is 0 Å². The lowest BCUT2D eigenvalue weighted by atomic mass is 10.1. The number of ketones is 1. The van der Waals surface area contributed by atoms with Crippen molar-refractivity contribution in [1.82, 2.24) is 0 Å². The number of benzene rings is 1. The summed E-state index contributed by atoms with van der Waals surface area (Å²) in [6.07, 6.45) is 0.299. The molecule has 0 aromatic heterocycles. The Bertz CT molecular complexity index is 363. The first kappa shape index (κ1) is 12.2. The van der Waals surface area contributed by atoms with Crippen molar-refractivity contribution in [2.24, 2.45) is 0 Å². The first-order chi connectivity index (χ1) is 8.25. The zero-order valence-electron chi connectivity index (χ0n) is 9.54. The Hall–Kier alpha value is -1.23. The van der Waals surface area contributed by atoms with Gasteiger partial charge in [0.2, 0.25) is 0 Å². The zero-order valence-corrected chi connectivity index (χ0v) is 9.54. The molecule has 1 aromatic carbocycles. The second-order valence-electron chi connectivity index (χ2n) is 4.07. The highest BCUT2D eigenvalue weighted by atomic mass is 16.6. The highest BCUT2D eigenvalue weighted by molar-refractivity contribution is 5.96. The van der Waals surface area contributed by atoms with Gasteiger partial charge >= 0.3 is 0 Å².